The van der Waals surface area contributed by atoms with Crippen molar-refractivity contribution in [1.29, 1.82) is 0 Å². The fraction of sp³-hybridized carbons (Fsp3) is 0.258. The van der Waals surface area contributed by atoms with E-state index in [1.807, 2.05) is 55.5 Å². The summed E-state index contributed by atoms with van der Waals surface area (Å²) in [5, 5.41) is 10.3. The number of carboxylic acids is 1. The highest BCUT2D eigenvalue weighted by Crippen LogP contribution is 2.29. The summed E-state index contributed by atoms with van der Waals surface area (Å²) in [5.74, 6) is -0.342. The van der Waals surface area contributed by atoms with Crippen LogP contribution in [0.3, 0.4) is 0 Å². The lowest BCUT2D eigenvalue weighted by atomic mass is 9.90. The van der Waals surface area contributed by atoms with Crippen molar-refractivity contribution in [3.05, 3.63) is 113 Å². The smallest absolute Gasteiger partial charge is 0.304 e. The molecule has 7 heteroatoms. The van der Waals surface area contributed by atoms with Crippen molar-refractivity contribution >= 4 is 26.7 Å². The van der Waals surface area contributed by atoms with Gasteiger partial charge >= 0.3 is 5.97 Å². The number of carboxylic acid groups (broad SMARTS) is 1. The molecule has 0 radical (unpaired) electrons. The molecule has 0 fully saturated rings. The number of benzene rings is 3. The fourth-order valence-electron chi connectivity index (χ4n) is 4.84. The summed E-state index contributed by atoms with van der Waals surface area (Å²) in [5.41, 5.74) is 6.86. The Bertz CT molecular complexity index is 1580. The average molecular weight is 532 g/mol. The van der Waals surface area contributed by atoms with Crippen molar-refractivity contribution in [3.8, 4) is 5.75 Å². The van der Waals surface area contributed by atoms with Crippen LogP contribution in [0.25, 0.3) is 10.9 Å². The number of hydrogen-bond acceptors (Lipinski definition) is 4. The van der Waals surface area contributed by atoms with E-state index < -0.39 is 15.8 Å². The van der Waals surface area contributed by atoms with Crippen LogP contribution in [0.4, 0.5) is 0 Å². The van der Waals surface area contributed by atoms with Crippen LogP contribution < -0.4 is 4.74 Å². The number of hydrogen-bond donors (Lipinski definition) is 1. The van der Waals surface area contributed by atoms with Gasteiger partial charge < -0.3 is 14.4 Å². The number of aliphatic carboxylic acids is 1. The number of allylic oxidation sites excluding steroid dienone is 1. The number of aromatic nitrogens is 1. The molecule has 6 nitrogen and oxygen atoms in total. The second-order valence-corrected chi connectivity index (χ2v) is 12.1. The predicted octanol–water partition coefficient (Wildman–Crippen LogP) is 6.26. The van der Waals surface area contributed by atoms with Crippen LogP contribution in [0.2, 0.25) is 0 Å². The van der Waals surface area contributed by atoms with Gasteiger partial charge in [0.05, 0.1) is 17.7 Å². The molecular weight excluding hydrogens is 498 g/mol. The van der Waals surface area contributed by atoms with Gasteiger partial charge in [-0.1, -0.05) is 60.7 Å². The molecule has 0 saturated heterocycles. The Labute approximate surface area is 224 Å². The number of rotatable bonds is 11. The van der Waals surface area contributed by atoms with Gasteiger partial charge in [0, 0.05) is 24.9 Å². The van der Waals surface area contributed by atoms with Crippen molar-refractivity contribution in [3.63, 3.8) is 0 Å². The number of ether oxygens (including phenoxy) is 1. The minimum atomic E-state index is -3.10. The molecule has 0 aliphatic rings. The molecule has 4 rings (SSSR count). The molecule has 4 aromatic rings. The van der Waals surface area contributed by atoms with Crippen molar-refractivity contribution in [2.45, 2.75) is 45.1 Å². The van der Waals surface area contributed by atoms with Gasteiger partial charge in [-0.05, 0) is 65.3 Å². The highest BCUT2D eigenvalue weighted by molar-refractivity contribution is 7.89. The topological polar surface area (TPSA) is 85.6 Å². The molecule has 198 valence electrons. The first-order chi connectivity index (χ1) is 18.0. The lowest BCUT2D eigenvalue weighted by Crippen LogP contribution is -2.07. The van der Waals surface area contributed by atoms with E-state index in [-0.39, 0.29) is 18.1 Å². The Morgan fingerprint density at radius 3 is 2.42 bits per heavy atom. The van der Waals surface area contributed by atoms with Gasteiger partial charge in [0.2, 0.25) is 0 Å². The molecule has 1 heterocycles. The third kappa shape index (κ3) is 6.72. The molecule has 0 amide bonds. The first kappa shape index (κ1) is 27.2. The highest BCUT2D eigenvalue weighted by Gasteiger charge is 2.16. The molecule has 0 aliphatic carbocycles. The van der Waals surface area contributed by atoms with E-state index in [0.717, 1.165) is 44.3 Å². The fourth-order valence-corrected chi connectivity index (χ4v) is 5.62. The summed E-state index contributed by atoms with van der Waals surface area (Å²) in [4.78, 5) is 11.2. The number of sulfone groups is 1. The lowest BCUT2D eigenvalue weighted by Gasteiger charge is -2.16. The normalized spacial score (nSPS) is 12.4. The molecule has 1 aromatic heterocycles. The summed E-state index contributed by atoms with van der Waals surface area (Å²) in [6.07, 6.45) is 3.31. The van der Waals surface area contributed by atoms with E-state index in [9.17, 15) is 18.3 Å². The molecule has 1 atom stereocenters. The molecule has 1 N–H and O–H groups in total. The van der Waals surface area contributed by atoms with Gasteiger partial charge in [0.1, 0.15) is 12.4 Å². The minimum absolute atomic E-state index is 0.0103. The Balaban J connectivity index is 1.51. The van der Waals surface area contributed by atoms with Crippen molar-refractivity contribution in [2.24, 2.45) is 0 Å². The second-order valence-electron chi connectivity index (χ2n) is 9.98. The summed E-state index contributed by atoms with van der Waals surface area (Å²) in [6.45, 7) is 8.91. The summed E-state index contributed by atoms with van der Waals surface area (Å²) in [7, 11) is -3.10. The molecule has 0 bridgehead atoms. The maximum absolute atomic E-state index is 11.7. The number of aryl methyl sites for hydroxylation is 1. The Morgan fingerprint density at radius 2 is 1.76 bits per heavy atom. The minimum Gasteiger partial charge on any atom is -0.489 e. The number of carbonyl (C=O) groups is 1. The van der Waals surface area contributed by atoms with E-state index in [1.54, 1.807) is 0 Å². The Hall–Kier alpha value is -3.84. The molecule has 3 aromatic carbocycles. The van der Waals surface area contributed by atoms with E-state index in [0.29, 0.717) is 18.9 Å². The average Bonchev–Trinajstić information content (AvgIpc) is 3.25. The van der Waals surface area contributed by atoms with E-state index in [2.05, 4.69) is 42.5 Å². The van der Waals surface area contributed by atoms with Crippen LogP contribution in [0.15, 0.2) is 85.1 Å². The SMILES string of the molecule is C=C(C)[C@@H](CC(=O)O)c1ccc(OCc2ccc3ccn(Cc4cccc(CS(C)(=O)=O)c4)c3c2C)cc1. The highest BCUT2D eigenvalue weighted by atomic mass is 32.2. The first-order valence-corrected chi connectivity index (χ1v) is 14.5. The maximum atomic E-state index is 11.7. The predicted molar refractivity (Wildman–Crippen MR) is 151 cm³/mol. The van der Waals surface area contributed by atoms with Crippen LogP contribution in [-0.2, 0) is 33.5 Å². The largest absolute Gasteiger partial charge is 0.489 e. The van der Waals surface area contributed by atoms with E-state index in [4.69, 9.17) is 4.74 Å². The van der Waals surface area contributed by atoms with Gasteiger partial charge in [-0.15, -0.1) is 0 Å². The Kier molecular flexibility index (Phi) is 8.07. The van der Waals surface area contributed by atoms with E-state index >= 15 is 0 Å². The van der Waals surface area contributed by atoms with E-state index in [1.165, 1.54) is 6.26 Å². The number of fused-ring (bicyclic) bond motifs is 1. The second kappa shape index (κ2) is 11.3. The van der Waals surface area contributed by atoms with Gasteiger partial charge in [0.15, 0.2) is 9.84 Å². The zero-order chi connectivity index (χ0) is 27.4. The van der Waals surface area contributed by atoms with Crippen molar-refractivity contribution in [1.82, 2.24) is 4.57 Å². The summed E-state index contributed by atoms with van der Waals surface area (Å²) in [6, 6.07) is 21.5. The standard InChI is InChI=1S/C31H33NO5S/c1-21(2)29(17-30(33)34)25-10-12-28(13-11-25)37-19-27-9-8-26-14-15-32(31(26)22(27)3)18-23-6-5-7-24(16-23)20-38(4,35)36/h5-16,29H,1,17-20H2,2-4H3,(H,33,34)/t29-/m1/s1. The van der Waals surface area contributed by atoms with Crippen molar-refractivity contribution < 1.29 is 23.1 Å². The summed E-state index contributed by atoms with van der Waals surface area (Å²) >= 11 is 0. The third-order valence-corrected chi connectivity index (χ3v) is 7.58. The van der Waals surface area contributed by atoms with Crippen LogP contribution in [-0.4, -0.2) is 30.3 Å². The number of nitrogens with zero attached hydrogens (tertiary/aromatic N) is 1. The maximum Gasteiger partial charge on any atom is 0.304 e. The van der Waals surface area contributed by atoms with Gasteiger partial charge in [-0.2, -0.15) is 0 Å². The first-order valence-electron chi connectivity index (χ1n) is 12.4. The molecular formula is C31H33NO5S. The Morgan fingerprint density at radius 1 is 1.05 bits per heavy atom. The van der Waals surface area contributed by atoms with Gasteiger partial charge in [0.25, 0.3) is 0 Å². The third-order valence-electron chi connectivity index (χ3n) is 6.72. The molecule has 0 aliphatic heterocycles. The molecule has 0 unspecified atom stereocenters. The van der Waals surface area contributed by atoms with Crippen LogP contribution >= 0.6 is 0 Å². The van der Waals surface area contributed by atoms with Crippen molar-refractivity contribution in [2.75, 3.05) is 6.26 Å². The quantitative estimate of drug-likeness (QED) is 0.231. The zero-order valence-corrected chi connectivity index (χ0v) is 22.8. The van der Waals surface area contributed by atoms with Gasteiger partial charge in [-0.3, -0.25) is 4.79 Å². The summed E-state index contributed by atoms with van der Waals surface area (Å²) < 4.78 is 31.7. The molecule has 0 spiro atoms. The van der Waals surface area contributed by atoms with Crippen LogP contribution in [0.5, 0.6) is 5.75 Å². The monoisotopic (exact) mass is 531 g/mol. The lowest BCUT2D eigenvalue weighted by molar-refractivity contribution is -0.137. The van der Waals surface area contributed by atoms with Gasteiger partial charge in [-0.25, -0.2) is 8.42 Å². The van der Waals surface area contributed by atoms with Crippen LogP contribution in [0.1, 0.15) is 47.1 Å². The molecule has 38 heavy (non-hydrogen) atoms. The van der Waals surface area contributed by atoms with Crippen LogP contribution in [0, 0.1) is 6.92 Å². The zero-order valence-electron chi connectivity index (χ0n) is 22.0. The molecule has 0 saturated carbocycles.